The molecule has 2 aromatic rings. The Labute approximate surface area is 126 Å². The molecule has 1 aliphatic rings. The van der Waals surface area contributed by atoms with E-state index < -0.39 is 0 Å². The Morgan fingerprint density at radius 3 is 2.81 bits per heavy atom. The highest BCUT2D eigenvalue weighted by Crippen LogP contribution is 2.14. The third-order valence-corrected chi connectivity index (χ3v) is 4.04. The SMILES string of the molecule is O=C(Cc1cccs1)Nc1ccc(N2CCOCC2)nn1. The molecule has 0 unspecified atom stereocenters. The van der Waals surface area contributed by atoms with Crippen LogP contribution in [0.2, 0.25) is 0 Å². The Bertz CT molecular complexity index is 580. The van der Waals surface area contributed by atoms with Crippen molar-refractivity contribution in [3.63, 3.8) is 0 Å². The maximum atomic E-state index is 11.9. The number of hydrogen-bond acceptors (Lipinski definition) is 6. The van der Waals surface area contributed by atoms with Crippen LogP contribution in [0.3, 0.4) is 0 Å². The van der Waals surface area contributed by atoms with E-state index in [-0.39, 0.29) is 5.91 Å². The molecule has 1 N–H and O–H groups in total. The molecule has 1 aliphatic heterocycles. The van der Waals surface area contributed by atoms with Gasteiger partial charge in [-0.05, 0) is 23.6 Å². The van der Waals surface area contributed by atoms with Gasteiger partial charge in [0.1, 0.15) is 0 Å². The third-order valence-electron chi connectivity index (χ3n) is 3.17. The topological polar surface area (TPSA) is 67.4 Å². The Kier molecular flexibility index (Phi) is 4.42. The first-order chi connectivity index (χ1) is 10.3. The summed E-state index contributed by atoms with van der Waals surface area (Å²) in [6.07, 6.45) is 0.366. The smallest absolute Gasteiger partial charge is 0.230 e. The fourth-order valence-corrected chi connectivity index (χ4v) is 2.81. The molecule has 3 heterocycles. The number of morpholine rings is 1. The summed E-state index contributed by atoms with van der Waals surface area (Å²) in [5.74, 6) is 1.22. The number of rotatable bonds is 4. The average Bonchev–Trinajstić information content (AvgIpc) is 3.02. The second-order valence-electron chi connectivity index (χ2n) is 4.68. The number of nitrogens with one attached hydrogen (secondary N) is 1. The molecule has 0 atom stereocenters. The van der Waals surface area contributed by atoms with Gasteiger partial charge in [0.15, 0.2) is 11.6 Å². The van der Waals surface area contributed by atoms with Gasteiger partial charge in [-0.1, -0.05) is 6.07 Å². The van der Waals surface area contributed by atoms with E-state index in [0.717, 1.165) is 23.8 Å². The molecule has 110 valence electrons. The first-order valence-electron chi connectivity index (χ1n) is 6.80. The molecule has 0 spiro atoms. The first-order valence-corrected chi connectivity index (χ1v) is 7.68. The molecule has 1 saturated heterocycles. The highest BCUT2D eigenvalue weighted by atomic mass is 32.1. The predicted molar refractivity (Wildman–Crippen MR) is 81.7 cm³/mol. The highest BCUT2D eigenvalue weighted by Gasteiger charge is 2.13. The van der Waals surface area contributed by atoms with Crippen LogP contribution < -0.4 is 10.2 Å². The van der Waals surface area contributed by atoms with Crippen molar-refractivity contribution in [3.8, 4) is 0 Å². The molecule has 6 nitrogen and oxygen atoms in total. The van der Waals surface area contributed by atoms with Crippen molar-refractivity contribution in [3.05, 3.63) is 34.5 Å². The molecule has 0 aromatic carbocycles. The summed E-state index contributed by atoms with van der Waals surface area (Å²) in [6, 6.07) is 7.53. The van der Waals surface area contributed by atoms with Crippen LogP contribution in [0, 0.1) is 0 Å². The Hall–Kier alpha value is -1.99. The zero-order valence-corrected chi connectivity index (χ0v) is 12.3. The van der Waals surface area contributed by atoms with Crippen LogP contribution in [0.4, 0.5) is 11.6 Å². The molecule has 0 bridgehead atoms. The quantitative estimate of drug-likeness (QED) is 0.928. The van der Waals surface area contributed by atoms with Crippen molar-refractivity contribution in [2.75, 3.05) is 36.5 Å². The van der Waals surface area contributed by atoms with Crippen LogP contribution in [0.15, 0.2) is 29.6 Å². The minimum absolute atomic E-state index is 0.0779. The van der Waals surface area contributed by atoms with E-state index in [1.807, 2.05) is 23.6 Å². The van der Waals surface area contributed by atoms with Crippen molar-refractivity contribution >= 4 is 28.9 Å². The molecule has 3 rings (SSSR count). The maximum Gasteiger partial charge on any atom is 0.230 e. The summed E-state index contributed by atoms with van der Waals surface area (Å²) < 4.78 is 5.30. The summed E-state index contributed by atoms with van der Waals surface area (Å²) >= 11 is 1.57. The molecule has 0 aliphatic carbocycles. The van der Waals surface area contributed by atoms with Crippen molar-refractivity contribution < 1.29 is 9.53 Å². The molecule has 21 heavy (non-hydrogen) atoms. The summed E-state index contributed by atoms with van der Waals surface area (Å²) in [6.45, 7) is 3.06. The van der Waals surface area contributed by atoms with Gasteiger partial charge in [0, 0.05) is 18.0 Å². The molecular formula is C14H16N4O2S. The van der Waals surface area contributed by atoms with Crippen molar-refractivity contribution in [1.82, 2.24) is 10.2 Å². The summed E-state index contributed by atoms with van der Waals surface area (Å²) in [4.78, 5) is 15.0. The van der Waals surface area contributed by atoms with Crippen LogP contribution in [-0.2, 0) is 16.0 Å². The van der Waals surface area contributed by atoms with E-state index in [4.69, 9.17) is 4.74 Å². The van der Waals surface area contributed by atoms with Crippen LogP contribution in [0.5, 0.6) is 0 Å². The zero-order valence-electron chi connectivity index (χ0n) is 11.5. The number of amides is 1. The second-order valence-corrected chi connectivity index (χ2v) is 5.71. The van der Waals surface area contributed by atoms with E-state index >= 15 is 0 Å². The number of carbonyl (C=O) groups excluding carboxylic acids is 1. The van der Waals surface area contributed by atoms with E-state index in [2.05, 4.69) is 20.4 Å². The normalized spacial score (nSPS) is 15.0. The lowest BCUT2D eigenvalue weighted by Crippen LogP contribution is -2.36. The van der Waals surface area contributed by atoms with Crippen molar-refractivity contribution in [1.29, 1.82) is 0 Å². The van der Waals surface area contributed by atoms with Gasteiger partial charge in [-0.3, -0.25) is 4.79 Å². The predicted octanol–water partition coefficient (Wildman–Crippen LogP) is 1.56. The molecular weight excluding hydrogens is 288 g/mol. The standard InChI is InChI=1S/C14H16N4O2S/c19-14(10-11-2-1-9-21-11)15-12-3-4-13(17-16-12)18-5-7-20-8-6-18/h1-4,9H,5-8,10H2,(H,15,16,19). The number of anilines is 2. The fraction of sp³-hybridized carbons (Fsp3) is 0.357. The minimum atomic E-state index is -0.0779. The number of carbonyl (C=O) groups is 1. The first kappa shape index (κ1) is 14.0. The van der Waals surface area contributed by atoms with Crippen molar-refractivity contribution in [2.45, 2.75) is 6.42 Å². The summed E-state index contributed by atoms with van der Waals surface area (Å²) in [5.41, 5.74) is 0. The van der Waals surface area contributed by atoms with E-state index in [1.165, 1.54) is 0 Å². The number of aromatic nitrogens is 2. The lowest BCUT2D eigenvalue weighted by Gasteiger charge is -2.27. The number of hydrogen-bond donors (Lipinski definition) is 1. The van der Waals surface area contributed by atoms with Gasteiger partial charge in [-0.2, -0.15) is 0 Å². The molecule has 1 amide bonds. The Morgan fingerprint density at radius 2 is 2.14 bits per heavy atom. The van der Waals surface area contributed by atoms with Gasteiger partial charge in [0.25, 0.3) is 0 Å². The number of thiophene rings is 1. The van der Waals surface area contributed by atoms with Crippen LogP contribution >= 0.6 is 11.3 Å². The zero-order chi connectivity index (χ0) is 14.5. The van der Waals surface area contributed by atoms with Gasteiger partial charge < -0.3 is 15.0 Å². The van der Waals surface area contributed by atoms with Gasteiger partial charge >= 0.3 is 0 Å². The van der Waals surface area contributed by atoms with Gasteiger partial charge in [0.05, 0.1) is 19.6 Å². The monoisotopic (exact) mass is 304 g/mol. The van der Waals surface area contributed by atoms with Crippen LogP contribution in [0.25, 0.3) is 0 Å². The highest BCUT2D eigenvalue weighted by molar-refractivity contribution is 7.10. The lowest BCUT2D eigenvalue weighted by atomic mass is 10.3. The van der Waals surface area contributed by atoms with Gasteiger partial charge in [-0.15, -0.1) is 21.5 Å². The maximum absolute atomic E-state index is 11.9. The molecule has 1 fully saturated rings. The fourth-order valence-electron chi connectivity index (χ4n) is 2.11. The van der Waals surface area contributed by atoms with E-state index in [0.29, 0.717) is 25.5 Å². The molecule has 0 radical (unpaired) electrons. The molecule has 2 aromatic heterocycles. The third kappa shape index (κ3) is 3.77. The average molecular weight is 304 g/mol. The number of nitrogens with zero attached hydrogens (tertiary/aromatic N) is 3. The van der Waals surface area contributed by atoms with E-state index in [9.17, 15) is 4.79 Å². The summed E-state index contributed by atoms with van der Waals surface area (Å²) in [7, 11) is 0. The van der Waals surface area contributed by atoms with Crippen LogP contribution in [0.1, 0.15) is 4.88 Å². The molecule has 7 heteroatoms. The largest absolute Gasteiger partial charge is 0.378 e. The van der Waals surface area contributed by atoms with Crippen molar-refractivity contribution in [2.24, 2.45) is 0 Å². The Balaban J connectivity index is 1.57. The molecule has 0 saturated carbocycles. The second kappa shape index (κ2) is 6.64. The summed E-state index contributed by atoms with van der Waals surface area (Å²) in [5, 5.41) is 12.9. The van der Waals surface area contributed by atoms with Crippen LogP contribution in [-0.4, -0.2) is 42.4 Å². The minimum Gasteiger partial charge on any atom is -0.378 e. The van der Waals surface area contributed by atoms with E-state index in [1.54, 1.807) is 17.4 Å². The Morgan fingerprint density at radius 1 is 1.29 bits per heavy atom. The van der Waals surface area contributed by atoms with Gasteiger partial charge in [0.2, 0.25) is 5.91 Å². The van der Waals surface area contributed by atoms with Gasteiger partial charge in [-0.25, -0.2) is 0 Å². The lowest BCUT2D eigenvalue weighted by molar-refractivity contribution is -0.115. The number of ether oxygens (including phenoxy) is 1.